The van der Waals surface area contributed by atoms with Crippen molar-refractivity contribution in [3.05, 3.63) is 55.8 Å². The van der Waals surface area contributed by atoms with Gasteiger partial charge < -0.3 is 5.32 Å². The largest absolute Gasteiger partial charge is 0.352 e. The van der Waals surface area contributed by atoms with Crippen LogP contribution in [0.2, 0.25) is 0 Å². The van der Waals surface area contributed by atoms with E-state index in [2.05, 4.69) is 26.3 Å². The SMILES string of the molecule is Cc1nn(CCCNC(=O)c2ccc([N+](=O)[O-])cc2)c(C)c1Br. The van der Waals surface area contributed by atoms with Crippen LogP contribution in [0.4, 0.5) is 5.69 Å². The highest BCUT2D eigenvalue weighted by Gasteiger charge is 2.10. The molecule has 0 spiro atoms. The molecule has 0 atom stereocenters. The predicted octanol–water partition coefficient (Wildman–Crippen LogP) is 2.99. The summed E-state index contributed by atoms with van der Waals surface area (Å²) < 4.78 is 2.91. The van der Waals surface area contributed by atoms with Crippen molar-refractivity contribution in [2.75, 3.05) is 6.54 Å². The molecule has 1 aromatic heterocycles. The fraction of sp³-hybridized carbons (Fsp3) is 0.333. The third kappa shape index (κ3) is 4.16. The first-order valence-electron chi connectivity index (χ1n) is 7.12. The Morgan fingerprint density at radius 1 is 1.35 bits per heavy atom. The third-order valence-electron chi connectivity index (χ3n) is 3.47. The van der Waals surface area contributed by atoms with Gasteiger partial charge in [-0.2, -0.15) is 5.10 Å². The summed E-state index contributed by atoms with van der Waals surface area (Å²) in [6, 6.07) is 5.54. The summed E-state index contributed by atoms with van der Waals surface area (Å²) >= 11 is 3.48. The topological polar surface area (TPSA) is 90.1 Å². The molecule has 7 nitrogen and oxygen atoms in total. The molecule has 0 saturated carbocycles. The van der Waals surface area contributed by atoms with Gasteiger partial charge in [0.1, 0.15) is 0 Å². The zero-order valence-corrected chi connectivity index (χ0v) is 14.5. The lowest BCUT2D eigenvalue weighted by atomic mass is 10.2. The van der Waals surface area contributed by atoms with Gasteiger partial charge in [0.25, 0.3) is 11.6 Å². The van der Waals surface area contributed by atoms with Gasteiger partial charge in [-0.15, -0.1) is 0 Å². The van der Waals surface area contributed by atoms with Gasteiger partial charge in [0, 0.05) is 36.5 Å². The molecular formula is C15H17BrN4O3. The molecular weight excluding hydrogens is 364 g/mol. The van der Waals surface area contributed by atoms with E-state index in [4.69, 9.17) is 0 Å². The highest BCUT2D eigenvalue weighted by Crippen LogP contribution is 2.19. The number of halogens is 1. The Labute approximate surface area is 142 Å². The van der Waals surface area contributed by atoms with E-state index in [-0.39, 0.29) is 11.6 Å². The van der Waals surface area contributed by atoms with Crippen molar-refractivity contribution < 1.29 is 9.72 Å². The lowest BCUT2D eigenvalue weighted by Gasteiger charge is -2.07. The number of non-ortho nitro benzene ring substituents is 1. The van der Waals surface area contributed by atoms with Crippen LogP contribution < -0.4 is 5.32 Å². The van der Waals surface area contributed by atoms with Crippen molar-refractivity contribution in [1.29, 1.82) is 0 Å². The molecule has 0 unspecified atom stereocenters. The molecule has 0 bridgehead atoms. The number of nitrogens with one attached hydrogen (secondary N) is 1. The highest BCUT2D eigenvalue weighted by atomic mass is 79.9. The Morgan fingerprint density at radius 2 is 2.00 bits per heavy atom. The molecule has 0 aliphatic rings. The first-order valence-corrected chi connectivity index (χ1v) is 7.91. The van der Waals surface area contributed by atoms with E-state index in [0.29, 0.717) is 18.7 Å². The number of amides is 1. The minimum Gasteiger partial charge on any atom is -0.352 e. The molecule has 0 fully saturated rings. The van der Waals surface area contributed by atoms with Crippen molar-refractivity contribution >= 4 is 27.5 Å². The Balaban J connectivity index is 1.82. The summed E-state index contributed by atoms with van der Waals surface area (Å²) in [5.41, 5.74) is 2.38. The van der Waals surface area contributed by atoms with Crippen molar-refractivity contribution in [3.63, 3.8) is 0 Å². The lowest BCUT2D eigenvalue weighted by Crippen LogP contribution is -2.25. The van der Waals surface area contributed by atoms with Gasteiger partial charge >= 0.3 is 0 Å². The van der Waals surface area contributed by atoms with E-state index in [0.717, 1.165) is 22.3 Å². The standard InChI is InChI=1S/C15H17BrN4O3/c1-10-14(16)11(2)19(18-10)9-3-8-17-15(21)12-4-6-13(7-5-12)20(22)23/h4-7H,3,8-9H2,1-2H3,(H,17,21). The smallest absolute Gasteiger partial charge is 0.269 e. The summed E-state index contributed by atoms with van der Waals surface area (Å²) in [5, 5.41) is 17.8. The van der Waals surface area contributed by atoms with E-state index in [1.54, 1.807) is 0 Å². The summed E-state index contributed by atoms with van der Waals surface area (Å²) in [4.78, 5) is 22.0. The third-order valence-corrected chi connectivity index (χ3v) is 4.61. The second-order valence-electron chi connectivity index (χ2n) is 5.12. The number of carbonyl (C=O) groups excluding carboxylic acids is 1. The minimum absolute atomic E-state index is 0.0309. The molecule has 0 aliphatic heterocycles. The molecule has 1 heterocycles. The van der Waals surface area contributed by atoms with Gasteiger partial charge in [0.05, 0.1) is 15.1 Å². The van der Waals surface area contributed by atoms with Gasteiger partial charge in [0.2, 0.25) is 0 Å². The summed E-state index contributed by atoms with van der Waals surface area (Å²) in [5.74, 6) is -0.241. The minimum atomic E-state index is -0.492. The van der Waals surface area contributed by atoms with Crippen molar-refractivity contribution in [3.8, 4) is 0 Å². The number of nitrogens with zero attached hydrogens (tertiary/aromatic N) is 3. The van der Waals surface area contributed by atoms with Crippen LogP contribution in [-0.4, -0.2) is 27.2 Å². The number of aryl methyl sites for hydroxylation is 2. The average molecular weight is 381 g/mol. The van der Waals surface area contributed by atoms with Gasteiger partial charge in [-0.3, -0.25) is 19.6 Å². The molecule has 1 aromatic carbocycles. The number of nitro groups is 1. The van der Waals surface area contributed by atoms with Crippen molar-refractivity contribution in [1.82, 2.24) is 15.1 Å². The Hall–Kier alpha value is -2.22. The Morgan fingerprint density at radius 3 is 2.52 bits per heavy atom. The van der Waals surface area contributed by atoms with Crippen LogP contribution in [0, 0.1) is 24.0 Å². The van der Waals surface area contributed by atoms with Crippen molar-refractivity contribution in [2.45, 2.75) is 26.8 Å². The maximum atomic E-state index is 12.0. The van der Waals surface area contributed by atoms with Crippen molar-refractivity contribution in [2.24, 2.45) is 0 Å². The number of benzene rings is 1. The van der Waals surface area contributed by atoms with Crippen LogP contribution in [0.3, 0.4) is 0 Å². The van der Waals surface area contributed by atoms with E-state index in [9.17, 15) is 14.9 Å². The van der Waals surface area contributed by atoms with Gasteiger partial charge in [0.15, 0.2) is 0 Å². The molecule has 1 N–H and O–H groups in total. The number of nitro benzene ring substituents is 1. The normalized spacial score (nSPS) is 10.6. The molecule has 0 radical (unpaired) electrons. The molecule has 2 rings (SSSR count). The Kier molecular flexibility index (Phi) is 5.49. The lowest BCUT2D eigenvalue weighted by molar-refractivity contribution is -0.384. The van der Waals surface area contributed by atoms with E-state index in [1.165, 1.54) is 24.3 Å². The second-order valence-corrected chi connectivity index (χ2v) is 5.91. The highest BCUT2D eigenvalue weighted by molar-refractivity contribution is 9.10. The fourth-order valence-electron chi connectivity index (χ4n) is 2.16. The van der Waals surface area contributed by atoms with Gasteiger partial charge in [-0.1, -0.05) is 0 Å². The molecule has 0 saturated heterocycles. The summed E-state index contributed by atoms with van der Waals surface area (Å²) in [7, 11) is 0. The van der Waals surface area contributed by atoms with Crippen LogP contribution in [-0.2, 0) is 6.54 Å². The monoisotopic (exact) mass is 380 g/mol. The quantitative estimate of drug-likeness (QED) is 0.473. The zero-order valence-electron chi connectivity index (χ0n) is 12.9. The van der Waals surface area contributed by atoms with Gasteiger partial charge in [-0.05, 0) is 48.3 Å². The van der Waals surface area contributed by atoms with Crippen LogP contribution >= 0.6 is 15.9 Å². The Bertz CT molecular complexity index is 725. The van der Waals surface area contributed by atoms with Crippen LogP contribution in [0.5, 0.6) is 0 Å². The predicted molar refractivity (Wildman–Crippen MR) is 89.4 cm³/mol. The van der Waals surface area contributed by atoms with E-state index >= 15 is 0 Å². The molecule has 8 heteroatoms. The second kappa shape index (κ2) is 7.36. The van der Waals surface area contributed by atoms with Crippen LogP contribution in [0.25, 0.3) is 0 Å². The molecule has 2 aromatic rings. The molecule has 1 amide bonds. The maximum absolute atomic E-state index is 12.0. The summed E-state index contributed by atoms with van der Waals surface area (Å²) in [6.45, 7) is 5.13. The number of carbonyl (C=O) groups is 1. The van der Waals surface area contributed by atoms with E-state index in [1.807, 2.05) is 18.5 Å². The molecule has 0 aliphatic carbocycles. The van der Waals surface area contributed by atoms with Crippen LogP contribution in [0.15, 0.2) is 28.7 Å². The van der Waals surface area contributed by atoms with Crippen LogP contribution in [0.1, 0.15) is 28.2 Å². The number of hydrogen-bond acceptors (Lipinski definition) is 4. The first kappa shape index (κ1) is 17.1. The summed E-state index contributed by atoms with van der Waals surface area (Å²) in [6.07, 6.45) is 0.743. The number of rotatable bonds is 6. The van der Waals surface area contributed by atoms with Gasteiger partial charge in [-0.25, -0.2) is 0 Å². The fourth-order valence-corrected chi connectivity index (χ4v) is 2.44. The zero-order chi connectivity index (χ0) is 17.0. The maximum Gasteiger partial charge on any atom is 0.269 e. The first-order chi connectivity index (χ1) is 10.9. The number of hydrogen-bond donors (Lipinski definition) is 1. The molecule has 122 valence electrons. The van der Waals surface area contributed by atoms with E-state index < -0.39 is 4.92 Å². The molecule has 23 heavy (non-hydrogen) atoms. The number of aromatic nitrogens is 2. The average Bonchev–Trinajstić information content (AvgIpc) is 2.78.